The van der Waals surface area contributed by atoms with E-state index in [0.29, 0.717) is 88.8 Å². The van der Waals surface area contributed by atoms with Gasteiger partial charge in [-0.05, 0) is 92.3 Å². The fourth-order valence-electron chi connectivity index (χ4n) is 10.5. The maximum atomic E-state index is 15.3. The summed E-state index contributed by atoms with van der Waals surface area (Å²) in [5.41, 5.74) is 11.3. The number of aromatic hydroxyl groups is 1. The van der Waals surface area contributed by atoms with E-state index in [2.05, 4.69) is 41.2 Å². The Balaban J connectivity index is 0.724. The second-order valence-corrected chi connectivity index (χ2v) is 17.6. The van der Waals surface area contributed by atoms with E-state index < -0.39 is 29.7 Å². The van der Waals surface area contributed by atoms with Gasteiger partial charge in [-0.2, -0.15) is 0 Å². The highest BCUT2D eigenvalue weighted by Gasteiger charge is 2.45. The largest absolute Gasteiger partial charge is 0.507 e. The van der Waals surface area contributed by atoms with Crippen LogP contribution in [0.3, 0.4) is 0 Å². The number of hydrogen-bond donors (Lipinski definition) is 3. The Morgan fingerprint density at radius 1 is 0.762 bits per heavy atom. The maximum Gasteiger partial charge on any atom is 0.262 e. The van der Waals surface area contributed by atoms with Crippen molar-refractivity contribution >= 4 is 52.4 Å². The number of phenolic OH excluding ortho intramolecular Hbond substituents is 1. The number of nitrogen functional groups attached to an aromatic ring is 1. The molecule has 5 saturated heterocycles. The molecule has 7 heterocycles. The number of nitrogens with two attached hydrogens (primary N) is 1. The van der Waals surface area contributed by atoms with Crippen LogP contribution in [0.5, 0.6) is 5.75 Å². The number of imide groups is 2. The summed E-state index contributed by atoms with van der Waals surface area (Å²) in [7, 11) is 0. The van der Waals surface area contributed by atoms with Crippen LogP contribution in [0.4, 0.5) is 27.3 Å². The highest BCUT2D eigenvalue weighted by Crippen LogP contribution is 2.40. The summed E-state index contributed by atoms with van der Waals surface area (Å²) in [4.78, 5) is 76.3. The second-order valence-electron chi connectivity index (χ2n) is 17.6. The van der Waals surface area contributed by atoms with Gasteiger partial charge in [-0.3, -0.25) is 39.1 Å². The molecule has 3 unspecified atom stereocenters. The first kappa shape index (κ1) is 40.5. The fourth-order valence-corrected chi connectivity index (χ4v) is 10.5. The number of rotatable bonds is 8. The van der Waals surface area contributed by atoms with E-state index in [1.807, 2.05) is 17.0 Å². The quantitative estimate of drug-likeness (QED) is 0.219. The van der Waals surface area contributed by atoms with Crippen LogP contribution < -0.4 is 25.8 Å². The Kier molecular flexibility index (Phi) is 10.4. The molecule has 10 rings (SSSR count). The number of phenols is 1. The average Bonchev–Trinajstić information content (AvgIpc) is 3.69. The van der Waals surface area contributed by atoms with Gasteiger partial charge in [0, 0.05) is 100 Å². The van der Waals surface area contributed by atoms with Crippen molar-refractivity contribution in [3.8, 4) is 17.0 Å². The Labute approximate surface area is 363 Å². The van der Waals surface area contributed by atoms with E-state index in [1.54, 1.807) is 48.5 Å². The summed E-state index contributed by atoms with van der Waals surface area (Å²) in [6.07, 6.45) is 3.41. The first-order chi connectivity index (χ1) is 30.5. The Morgan fingerprint density at radius 3 is 2.22 bits per heavy atom. The van der Waals surface area contributed by atoms with Gasteiger partial charge in [0.2, 0.25) is 17.7 Å². The fraction of sp³-hybridized carbons (Fsp3) is 0.413. The van der Waals surface area contributed by atoms with Gasteiger partial charge >= 0.3 is 0 Å². The zero-order valence-corrected chi connectivity index (χ0v) is 34.8. The molecule has 16 nitrogen and oxygen atoms in total. The van der Waals surface area contributed by atoms with Gasteiger partial charge in [0.15, 0.2) is 5.82 Å². The number of nitrogens with one attached hydrogen (secondary N) is 1. The lowest BCUT2D eigenvalue weighted by Crippen LogP contribution is -2.54. The van der Waals surface area contributed by atoms with Gasteiger partial charge in [0.05, 0.1) is 22.5 Å². The summed E-state index contributed by atoms with van der Waals surface area (Å²) in [6, 6.07) is 18.7. The van der Waals surface area contributed by atoms with Crippen molar-refractivity contribution in [1.29, 1.82) is 0 Å². The molecule has 0 aliphatic carbocycles. The molecular formula is C46H49FN10O6. The third-order valence-electron chi connectivity index (χ3n) is 13.8. The number of hydrogen-bond acceptors (Lipinski definition) is 13. The number of benzene rings is 3. The molecule has 17 heteroatoms. The maximum absolute atomic E-state index is 15.3. The van der Waals surface area contributed by atoms with Crippen LogP contribution in [-0.2, 0) is 20.9 Å². The third kappa shape index (κ3) is 7.57. The molecule has 4 N–H and O–H groups in total. The molecule has 0 radical (unpaired) electrons. The van der Waals surface area contributed by atoms with Crippen LogP contribution in [0.1, 0.15) is 64.8 Å². The van der Waals surface area contributed by atoms with Gasteiger partial charge in [0.25, 0.3) is 11.8 Å². The minimum atomic E-state index is -1.02. The number of nitrogens with zero attached hydrogens (tertiary/aromatic N) is 8. The predicted molar refractivity (Wildman–Crippen MR) is 231 cm³/mol. The van der Waals surface area contributed by atoms with Gasteiger partial charge in [0.1, 0.15) is 17.6 Å². The zero-order chi connectivity index (χ0) is 43.5. The molecule has 3 aromatic carbocycles. The number of para-hydroxylation sites is 1. The number of anilines is 4. The van der Waals surface area contributed by atoms with Crippen LogP contribution in [0, 0.1) is 11.7 Å². The van der Waals surface area contributed by atoms with Gasteiger partial charge in [-0.25, -0.2) is 4.39 Å². The molecule has 5 amide bonds. The van der Waals surface area contributed by atoms with Crippen molar-refractivity contribution in [3.63, 3.8) is 0 Å². The highest BCUT2D eigenvalue weighted by atomic mass is 19.1. The Bertz CT molecular complexity index is 2510. The first-order valence-electron chi connectivity index (χ1n) is 21.8. The van der Waals surface area contributed by atoms with E-state index in [1.165, 1.54) is 0 Å². The second kappa shape index (κ2) is 16.3. The summed E-state index contributed by atoms with van der Waals surface area (Å²) in [5.74, 6) is -1.93. The summed E-state index contributed by atoms with van der Waals surface area (Å²) >= 11 is 0. The predicted octanol–water partition coefficient (Wildman–Crippen LogP) is 3.39. The van der Waals surface area contributed by atoms with Crippen LogP contribution in [0.25, 0.3) is 11.3 Å². The molecule has 326 valence electrons. The monoisotopic (exact) mass is 856 g/mol. The van der Waals surface area contributed by atoms with Gasteiger partial charge in [-0.1, -0.05) is 12.1 Å². The van der Waals surface area contributed by atoms with Gasteiger partial charge < -0.3 is 30.4 Å². The number of carbonyl (C=O) groups is 5. The van der Waals surface area contributed by atoms with Crippen LogP contribution in [0.2, 0.25) is 0 Å². The lowest BCUT2D eigenvalue weighted by molar-refractivity contribution is -0.138. The van der Waals surface area contributed by atoms with Crippen molar-refractivity contribution in [2.24, 2.45) is 5.92 Å². The van der Waals surface area contributed by atoms with E-state index in [9.17, 15) is 29.1 Å². The van der Waals surface area contributed by atoms with Crippen molar-refractivity contribution < 1.29 is 33.5 Å². The number of halogens is 1. The molecule has 6 aliphatic heterocycles. The van der Waals surface area contributed by atoms with Crippen LogP contribution in [-0.4, -0.2) is 130 Å². The van der Waals surface area contributed by atoms with Crippen molar-refractivity contribution in [3.05, 3.63) is 89.2 Å². The van der Waals surface area contributed by atoms with Crippen LogP contribution >= 0.6 is 0 Å². The smallest absolute Gasteiger partial charge is 0.262 e. The van der Waals surface area contributed by atoms with Crippen molar-refractivity contribution in [2.45, 2.75) is 63.2 Å². The summed E-state index contributed by atoms with van der Waals surface area (Å²) < 4.78 is 15.3. The molecule has 0 saturated carbocycles. The number of fused-ring (bicyclic) bond motifs is 3. The Hall–Kier alpha value is -6.62. The number of amides is 5. The number of piperazine rings is 2. The number of aromatic nitrogens is 2. The third-order valence-corrected chi connectivity index (χ3v) is 13.8. The topological polar surface area (TPSA) is 189 Å². The summed E-state index contributed by atoms with van der Waals surface area (Å²) in [5, 5.41) is 21.1. The average molecular weight is 857 g/mol. The molecule has 4 aromatic rings. The molecule has 63 heavy (non-hydrogen) atoms. The molecule has 5 fully saturated rings. The molecule has 0 spiro atoms. The minimum absolute atomic E-state index is 0.0609. The number of carbonyl (C=O) groups excluding carboxylic acids is 5. The molecule has 3 atom stereocenters. The molecular weight excluding hydrogens is 808 g/mol. The van der Waals surface area contributed by atoms with E-state index in [0.717, 1.165) is 40.4 Å². The minimum Gasteiger partial charge on any atom is -0.507 e. The van der Waals surface area contributed by atoms with E-state index >= 15 is 4.39 Å². The summed E-state index contributed by atoms with van der Waals surface area (Å²) in [6.45, 7) is 5.74. The normalized spacial score (nSPS) is 23.1. The zero-order valence-electron chi connectivity index (χ0n) is 34.8. The van der Waals surface area contributed by atoms with E-state index in [4.69, 9.17) is 5.73 Å². The lowest BCUT2D eigenvalue weighted by Gasteiger charge is -2.44. The SMILES string of the molecule is Nc1nnc(-c2ccccc2O)cc1N1CC2CCC(C1)N2c1cc(F)cc(CN2CCN(C(=O)C3CCN(c4ccc5c(c4)C(=O)N(C4CCC(=O)NC4=O)C5=O)CC3)CC2)c1. The Morgan fingerprint density at radius 2 is 1.49 bits per heavy atom. The number of piperidine rings is 2. The van der Waals surface area contributed by atoms with E-state index in [-0.39, 0.29) is 59.4 Å². The molecule has 1 aromatic heterocycles. The van der Waals surface area contributed by atoms with Crippen molar-refractivity contribution in [2.75, 3.05) is 72.8 Å². The standard InChI is InChI=1S/C46H49FN10O6/c47-29-19-27(20-33(21-29)56-31-5-6-32(56)26-55(25-31)39-23-37(50-51-42(39)48)35-3-1-2-4-40(35)58)24-52-15-17-54(18-16-52)44(61)28-11-13-53(14-12-28)30-7-8-34-36(22-30)46(63)57(45(34)62)38-9-10-41(59)49-43(38)60/h1-4,7-8,19-23,28,31-32,38,58H,5-6,9-18,24-26H2,(H2,48,51)(H,49,59,60). The van der Waals surface area contributed by atoms with Crippen LogP contribution in [0.15, 0.2) is 66.7 Å². The molecule has 6 aliphatic rings. The molecule has 2 bridgehead atoms. The van der Waals surface area contributed by atoms with Gasteiger partial charge in [-0.15, -0.1) is 10.2 Å². The lowest BCUT2D eigenvalue weighted by atomic mass is 9.94. The highest BCUT2D eigenvalue weighted by molar-refractivity contribution is 6.23. The first-order valence-corrected chi connectivity index (χ1v) is 21.8. The van der Waals surface area contributed by atoms with Crippen molar-refractivity contribution in [1.82, 2.24) is 30.2 Å².